The number of hydrogen-bond donors (Lipinski definition) is 0. The molecule has 0 N–H and O–H groups in total. The van der Waals surface area contributed by atoms with Gasteiger partial charge in [0.25, 0.3) is 5.69 Å². The zero-order valence-corrected chi connectivity index (χ0v) is 10.9. The maximum atomic E-state index is 11.1. The fourth-order valence-corrected chi connectivity index (χ4v) is 4.06. The van der Waals surface area contributed by atoms with Crippen molar-refractivity contribution in [3.63, 3.8) is 0 Å². The number of nitro benzene ring substituents is 1. The van der Waals surface area contributed by atoms with Gasteiger partial charge in [-0.05, 0) is 46.0 Å². The SMILES string of the molecule is O=[N+]([O-])c1cc(Cl)ccc1SP(=O)(Cl)Cl. The summed E-state index contributed by atoms with van der Waals surface area (Å²) in [4.78, 5) is 10.1. The van der Waals surface area contributed by atoms with E-state index in [0.717, 1.165) is 6.07 Å². The zero-order chi connectivity index (χ0) is 11.6. The van der Waals surface area contributed by atoms with Crippen molar-refractivity contribution in [2.24, 2.45) is 0 Å². The van der Waals surface area contributed by atoms with Crippen LogP contribution in [0.3, 0.4) is 0 Å². The van der Waals surface area contributed by atoms with E-state index >= 15 is 0 Å². The number of nitrogens with zero attached hydrogens (tertiary/aromatic N) is 1. The van der Waals surface area contributed by atoms with Crippen LogP contribution < -0.4 is 0 Å². The first kappa shape index (κ1) is 13.1. The number of hydrogen-bond acceptors (Lipinski definition) is 4. The largest absolute Gasteiger partial charge is 0.312 e. The molecule has 0 bridgehead atoms. The van der Waals surface area contributed by atoms with Crippen LogP contribution in [-0.2, 0) is 4.57 Å². The van der Waals surface area contributed by atoms with Crippen LogP contribution in [0.4, 0.5) is 5.69 Å². The van der Waals surface area contributed by atoms with Crippen molar-refractivity contribution >= 4 is 56.2 Å². The normalized spacial score (nSPS) is 11.4. The lowest BCUT2D eigenvalue weighted by atomic mass is 10.3. The first-order chi connectivity index (χ1) is 6.79. The van der Waals surface area contributed by atoms with Gasteiger partial charge in [0.15, 0.2) is 0 Å². The molecule has 0 amide bonds. The van der Waals surface area contributed by atoms with Gasteiger partial charge in [0, 0.05) is 11.1 Å². The molecule has 0 radical (unpaired) electrons. The summed E-state index contributed by atoms with van der Waals surface area (Å²) in [5, 5.41) is 7.37. The van der Waals surface area contributed by atoms with Gasteiger partial charge >= 0.3 is 5.05 Å². The highest BCUT2D eigenvalue weighted by Gasteiger charge is 2.23. The van der Waals surface area contributed by atoms with Gasteiger partial charge in [-0.25, -0.2) is 0 Å². The van der Waals surface area contributed by atoms with Crippen LogP contribution in [0, 0.1) is 10.1 Å². The Morgan fingerprint density at radius 2 is 2.00 bits per heavy atom. The standard InChI is InChI=1S/C6H3Cl3NO3PS/c7-4-1-2-6(15-14(8,9)13)5(3-4)10(11)12/h1-3H. The molecule has 0 heterocycles. The third kappa shape index (κ3) is 4.21. The molecule has 1 aromatic rings. The second-order valence-electron chi connectivity index (χ2n) is 2.37. The quantitative estimate of drug-likeness (QED) is 0.451. The summed E-state index contributed by atoms with van der Waals surface area (Å²) in [5.41, 5.74) is -0.269. The van der Waals surface area contributed by atoms with Crippen LogP contribution in [0.15, 0.2) is 23.1 Å². The van der Waals surface area contributed by atoms with E-state index in [2.05, 4.69) is 0 Å². The van der Waals surface area contributed by atoms with Gasteiger partial charge in [0.2, 0.25) is 0 Å². The van der Waals surface area contributed by atoms with Crippen molar-refractivity contribution in [2.45, 2.75) is 4.90 Å². The van der Waals surface area contributed by atoms with Crippen molar-refractivity contribution in [3.05, 3.63) is 33.3 Å². The lowest BCUT2D eigenvalue weighted by Gasteiger charge is -2.03. The minimum Gasteiger partial charge on any atom is -0.277 e. The summed E-state index contributed by atoms with van der Waals surface area (Å²) in [6.45, 7) is 0. The summed E-state index contributed by atoms with van der Waals surface area (Å²) in [5.74, 6) is 0. The van der Waals surface area contributed by atoms with Gasteiger partial charge in [-0.3, -0.25) is 14.7 Å². The third-order valence-electron chi connectivity index (χ3n) is 1.32. The Balaban J connectivity index is 3.18. The molecule has 0 saturated heterocycles. The molecule has 0 aliphatic carbocycles. The Morgan fingerprint density at radius 1 is 1.40 bits per heavy atom. The second kappa shape index (κ2) is 4.93. The molecule has 0 spiro atoms. The molecule has 0 saturated carbocycles. The van der Waals surface area contributed by atoms with Gasteiger partial charge in [-0.1, -0.05) is 11.6 Å². The molecular formula is C6H3Cl3NO3PS. The van der Waals surface area contributed by atoms with Gasteiger partial charge in [-0.15, -0.1) is 0 Å². The highest BCUT2D eigenvalue weighted by atomic mass is 35.9. The van der Waals surface area contributed by atoms with Crippen molar-refractivity contribution < 1.29 is 9.49 Å². The molecule has 0 aliphatic rings. The molecule has 9 heteroatoms. The van der Waals surface area contributed by atoms with Crippen molar-refractivity contribution in [1.29, 1.82) is 0 Å². The summed E-state index contributed by atoms with van der Waals surface area (Å²) in [6, 6.07) is 3.93. The van der Waals surface area contributed by atoms with Crippen molar-refractivity contribution in [3.8, 4) is 0 Å². The molecule has 0 fully saturated rings. The minimum atomic E-state index is -3.46. The summed E-state index contributed by atoms with van der Waals surface area (Å²) >= 11 is 16.8. The second-order valence-corrected chi connectivity index (χ2v) is 10.9. The van der Waals surface area contributed by atoms with Gasteiger partial charge < -0.3 is 0 Å². The third-order valence-corrected chi connectivity index (χ3v) is 4.78. The van der Waals surface area contributed by atoms with E-state index < -0.39 is 9.97 Å². The van der Waals surface area contributed by atoms with Crippen LogP contribution >= 0.6 is 50.5 Å². The van der Waals surface area contributed by atoms with E-state index in [1.807, 2.05) is 0 Å². The van der Waals surface area contributed by atoms with E-state index in [0.29, 0.717) is 11.4 Å². The molecule has 1 aromatic carbocycles. The molecule has 0 unspecified atom stereocenters. The van der Waals surface area contributed by atoms with Crippen molar-refractivity contribution in [1.82, 2.24) is 0 Å². The van der Waals surface area contributed by atoms with Crippen LogP contribution in [0.25, 0.3) is 0 Å². The Kier molecular flexibility index (Phi) is 4.32. The molecule has 0 aromatic heterocycles. The predicted molar refractivity (Wildman–Crippen MR) is 63.3 cm³/mol. The fraction of sp³-hybridized carbons (Fsp3) is 0. The molecule has 4 nitrogen and oxygen atoms in total. The summed E-state index contributed by atoms with van der Waals surface area (Å²) in [7, 11) is 0. The van der Waals surface area contributed by atoms with E-state index in [1.54, 1.807) is 0 Å². The number of nitro groups is 1. The van der Waals surface area contributed by atoms with Gasteiger partial charge in [0.1, 0.15) is 0 Å². The maximum Gasteiger partial charge on any atom is 0.312 e. The highest BCUT2D eigenvalue weighted by Crippen LogP contribution is 2.71. The number of rotatable bonds is 3. The lowest BCUT2D eigenvalue weighted by Crippen LogP contribution is -1.89. The first-order valence-electron chi connectivity index (χ1n) is 3.42. The average Bonchev–Trinajstić information content (AvgIpc) is 2.05. The molecule has 1 rings (SSSR count). The average molecular weight is 306 g/mol. The molecule has 15 heavy (non-hydrogen) atoms. The first-order valence-corrected chi connectivity index (χ1v) is 8.74. The predicted octanol–water partition coefficient (Wildman–Crippen LogP) is 4.93. The topological polar surface area (TPSA) is 60.2 Å². The van der Waals surface area contributed by atoms with Crippen molar-refractivity contribution in [2.75, 3.05) is 0 Å². The maximum absolute atomic E-state index is 11.1. The van der Waals surface area contributed by atoms with E-state index in [4.69, 9.17) is 34.1 Å². The zero-order valence-electron chi connectivity index (χ0n) is 6.89. The fourth-order valence-electron chi connectivity index (χ4n) is 0.825. The number of benzene rings is 1. The smallest absolute Gasteiger partial charge is 0.277 e. The van der Waals surface area contributed by atoms with Gasteiger partial charge in [0.05, 0.1) is 9.82 Å². The molecule has 0 aliphatic heterocycles. The molecule has 0 atom stereocenters. The van der Waals surface area contributed by atoms with Crippen LogP contribution in [0.5, 0.6) is 0 Å². The van der Waals surface area contributed by atoms with Crippen LogP contribution in [-0.4, -0.2) is 4.92 Å². The Hall–Kier alpha value is 0.0700. The van der Waals surface area contributed by atoms with Crippen LogP contribution in [0.2, 0.25) is 5.02 Å². The van der Waals surface area contributed by atoms with Crippen LogP contribution in [0.1, 0.15) is 0 Å². The lowest BCUT2D eigenvalue weighted by molar-refractivity contribution is -0.387. The Bertz CT molecular complexity index is 449. The number of halogens is 3. The Morgan fingerprint density at radius 3 is 2.47 bits per heavy atom. The summed E-state index contributed by atoms with van der Waals surface area (Å²) in [6.07, 6.45) is 0. The summed E-state index contributed by atoms with van der Waals surface area (Å²) < 4.78 is 11.1. The highest BCUT2D eigenvalue weighted by molar-refractivity contribution is 8.72. The Labute approximate surface area is 104 Å². The van der Waals surface area contributed by atoms with E-state index in [-0.39, 0.29) is 15.6 Å². The molecule has 82 valence electrons. The monoisotopic (exact) mass is 305 g/mol. The van der Waals surface area contributed by atoms with E-state index in [1.165, 1.54) is 12.1 Å². The van der Waals surface area contributed by atoms with Gasteiger partial charge in [-0.2, -0.15) is 0 Å². The molecular weight excluding hydrogens is 303 g/mol. The van der Waals surface area contributed by atoms with E-state index in [9.17, 15) is 14.7 Å². The minimum absolute atomic E-state index is 0.123.